The van der Waals surface area contributed by atoms with Gasteiger partial charge in [0.1, 0.15) is 17.1 Å². The lowest BCUT2D eigenvalue weighted by atomic mass is 10.0. The van der Waals surface area contributed by atoms with Crippen LogP contribution >= 0.6 is 0 Å². The van der Waals surface area contributed by atoms with Crippen LogP contribution < -0.4 is 10.1 Å². The number of carbonyl (C=O) groups excluding carboxylic acids is 1. The fraction of sp³-hybridized carbons (Fsp3) is 0.368. The van der Waals surface area contributed by atoms with Gasteiger partial charge in [-0.25, -0.2) is 4.79 Å². The molecule has 0 aliphatic carbocycles. The second-order valence-electron chi connectivity index (χ2n) is 5.97. The van der Waals surface area contributed by atoms with Gasteiger partial charge in [-0.15, -0.1) is 0 Å². The molecule has 0 fully saturated rings. The van der Waals surface area contributed by atoms with Gasteiger partial charge in [-0.05, 0) is 30.0 Å². The van der Waals surface area contributed by atoms with Gasteiger partial charge in [0.05, 0.1) is 7.11 Å². The summed E-state index contributed by atoms with van der Waals surface area (Å²) in [6, 6.07) is 9.09. The average molecular weight is 345 g/mol. The lowest BCUT2D eigenvalue weighted by molar-refractivity contribution is 0.0694. The zero-order valence-electron chi connectivity index (χ0n) is 14.7. The summed E-state index contributed by atoms with van der Waals surface area (Å²) in [6.07, 6.45) is 1.23. The van der Waals surface area contributed by atoms with E-state index in [0.29, 0.717) is 18.7 Å². The lowest BCUT2D eigenvalue weighted by Crippen LogP contribution is -2.28. The first-order valence-electron chi connectivity index (χ1n) is 8.21. The number of carboxylic acids is 1. The number of aromatic carboxylic acids is 1. The van der Waals surface area contributed by atoms with Crippen molar-refractivity contribution in [1.29, 1.82) is 0 Å². The first-order chi connectivity index (χ1) is 11.9. The molecule has 1 amide bonds. The predicted molar refractivity (Wildman–Crippen MR) is 93.2 cm³/mol. The van der Waals surface area contributed by atoms with Gasteiger partial charge < -0.3 is 19.6 Å². The molecule has 0 aliphatic heterocycles. The second-order valence-corrected chi connectivity index (χ2v) is 5.97. The van der Waals surface area contributed by atoms with E-state index in [1.807, 2.05) is 31.2 Å². The van der Waals surface area contributed by atoms with Crippen LogP contribution in [0.1, 0.15) is 46.1 Å². The van der Waals surface area contributed by atoms with Crippen molar-refractivity contribution in [1.82, 2.24) is 5.32 Å². The molecule has 1 heterocycles. The Bertz CT molecular complexity index is 733. The average Bonchev–Trinajstić information content (AvgIpc) is 3.05. The highest BCUT2D eigenvalue weighted by molar-refractivity contribution is 5.96. The molecule has 0 radical (unpaired) electrons. The van der Waals surface area contributed by atoms with E-state index < -0.39 is 11.9 Å². The summed E-state index contributed by atoms with van der Waals surface area (Å²) in [5, 5.41) is 11.9. The summed E-state index contributed by atoms with van der Waals surface area (Å²) in [6.45, 7) is 4.28. The van der Waals surface area contributed by atoms with Crippen molar-refractivity contribution in [2.75, 3.05) is 13.7 Å². The highest BCUT2D eigenvalue weighted by Crippen LogP contribution is 2.17. The molecule has 0 aliphatic rings. The van der Waals surface area contributed by atoms with Crippen LogP contribution in [-0.2, 0) is 12.8 Å². The van der Waals surface area contributed by atoms with Crippen molar-refractivity contribution in [3.8, 4) is 5.75 Å². The van der Waals surface area contributed by atoms with Crippen LogP contribution in [0.4, 0.5) is 0 Å². The Morgan fingerprint density at radius 3 is 2.48 bits per heavy atom. The Morgan fingerprint density at radius 2 is 1.96 bits per heavy atom. The molecule has 134 valence electrons. The molecule has 25 heavy (non-hydrogen) atoms. The van der Waals surface area contributed by atoms with E-state index in [9.17, 15) is 9.59 Å². The van der Waals surface area contributed by atoms with E-state index in [4.69, 9.17) is 14.3 Å². The number of hydrogen-bond acceptors (Lipinski definition) is 4. The van der Waals surface area contributed by atoms with Crippen molar-refractivity contribution in [2.45, 2.75) is 26.7 Å². The molecule has 0 saturated carbocycles. The third kappa shape index (κ3) is 4.86. The smallest absolute Gasteiger partial charge is 0.339 e. The Morgan fingerprint density at radius 1 is 1.28 bits per heavy atom. The minimum atomic E-state index is -1.09. The zero-order valence-corrected chi connectivity index (χ0v) is 14.7. The number of ether oxygens (including phenoxy) is 1. The van der Waals surface area contributed by atoms with E-state index >= 15 is 0 Å². The van der Waals surface area contributed by atoms with Crippen LogP contribution in [0.25, 0.3) is 0 Å². The maximum absolute atomic E-state index is 12.2. The van der Waals surface area contributed by atoms with Crippen molar-refractivity contribution in [3.05, 3.63) is 53.0 Å². The predicted octanol–water partition coefficient (Wildman–Crippen LogP) is 3.16. The first-order valence-corrected chi connectivity index (χ1v) is 8.21. The topological polar surface area (TPSA) is 88.8 Å². The third-order valence-corrected chi connectivity index (χ3v) is 3.94. The van der Waals surface area contributed by atoms with Crippen molar-refractivity contribution >= 4 is 11.9 Å². The molecule has 0 bridgehead atoms. The number of methoxy groups -OCH3 is 1. The van der Waals surface area contributed by atoms with E-state index in [2.05, 4.69) is 5.32 Å². The number of carbonyl (C=O) groups is 2. The Hall–Kier alpha value is -2.76. The van der Waals surface area contributed by atoms with Crippen molar-refractivity contribution in [3.63, 3.8) is 0 Å². The fourth-order valence-corrected chi connectivity index (χ4v) is 2.57. The van der Waals surface area contributed by atoms with Crippen LogP contribution in [0.2, 0.25) is 0 Å². The van der Waals surface area contributed by atoms with Crippen LogP contribution in [-0.4, -0.2) is 30.6 Å². The number of nitrogens with one attached hydrogen (secondary N) is 1. The van der Waals surface area contributed by atoms with Gasteiger partial charge in [-0.3, -0.25) is 4.79 Å². The van der Waals surface area contributed by atoms with Gasteiger partial charge in [-0.2, -0.15) is 0 Å². The summed E-state index contributed by atoms with van der Waals surface area (Å²) in [5.74, 6) is -0.119. The molecule has 6 nitrogen and oxygen atoms in total. The molecule has 6 heteroatoms. The molecule has 2 rings (SSSR count). The monoisotopic (exact) mass is 345 g/mol. The van der Waals surface area contributed by atoms with Crippen LogP contribution in [0.15, 0.2) is 34.7 Å². The Kier molecular flexibility index (Phi) is 6.22. The number of hydrogen-bond donors (Lipinski definition) is 2. The highest BCUT2D eigenvalue weighted by atomic mass is 16.5. The maximum Gasteiger partial charge on any atom is 0.339 e. The van der Waals surface area contributed by atoms with Gasteiger partial charge in [0.15, 0.2) is 5.76 Å². The van der Waals surface area contributed by atoms with Gasteiger partial charge in [0, 0.05) is 19.0 Å². The van der Waals surface area contributed by atoms with Crippen molar-refractivity contribution < 1.29 is 23.8 Å². The molecule has 1 atom stereocenters. The van der Waals surface area contributed by atoms with E-state index in [0.717, 1.165) is 17.7 Å². The maximum atomic E-state index is 12.2. The molecule has 0 saturated heterocycles. The number of furan rings is 1. The molecule has 1 aromatic heterocycles. The number of rotatable bonds is 8. The summed E-state index contributed by atoms with van der Waals surface area (Å²) in [5.41, 5.74) is 1.20. The lowest BCUT2D eigenvalue weighted by Gasteiger charge is -2.12. The van der Waals surface area contributed by atoms with Gasteiger partial charge in [-0.1, -0.05) is 26.0 Å². The number of aryl methyl sites for hydroxylation is 1. The van der Waals surface area contributed by atoms with Crippen LogP contribution in [0, 0.1) is 5.92 Å². The van der Waals surface area contributed by atoms with Crippen LogP contribution in [0.3, 0.4) is 0 Å². The minimum Gasteiger partial charge on any atom is -0.497 e. The molecule has 1 unspecified atom stereocenters. The molecule has 1 aromatic carbocycles. The standard InChI is InChI=1S/C19H23NO5/c1-4-16-15(19(22)23)10-17(25-16)18(21)20-11-12(2)9-13-5-7-14(24-3)8-6-13/h5-8,10,12H,4,9,11H2,1-3H3,(H,20,21)(H,22,23). The first kappa shape index (κ1) is 18.6. The van der Waals surface area contributed by atoms with E-state index in [1.54, 1.807) is 14.0 Å². The zero-order chi connectivity index (χ0) is 18.4. The van der Waals surface area contributed by atoms with E-state index in [-0.39, 0.29) is 17.2 Å². The number of benzene rings is 1. The fourth-order valence-electron chi connectivity index (χ4n) is 2.57. The molecule has 2 N–H and O–H groups in total. The molecule has 0 spiro atoms. The van der Waals surface area contributed by atoms with Crippen molar-refractivity contribution in [2.24, 2.45) is 5.92 Å². The molecular formula is C19H23NO5. The Balaban J connectivity index is 1.91. The largest absolute Gasteiger partial charge is 0.497 e. The molecular weight excluding hydrogens is 322 g/mol. The van der Waals surface area contributed by atoms with Gasteiger partial charge in [0.2, 0.25) is 0 Å². The second kappa shape index (κ2) is 8.37. The van der Waals surface area contributed by atoms with Gasteiger partial charge in [0.25, 0.3) is 5.91 Å². The SMILES string of the molecule is CCc1oc(C(=O)NCC(C)Cc2ccc(OC)cc2)cc1C(=O)O. The number of carboxylic acid groups (broad SMARTS) is 1. The quantitative estimate of drug-likeness (QED) is 0.767. The highest BCUT2D eigenvalue weighted by Gasteiger charge is 2.20. The van der Waals surface area contributed by atoms with Gasteiger partial charge >= 0.3 is 5.97 Å². The summed E-state index contributed by atoms with van der Waals surface area (Å²) >= 11 is 0. The third-order valence-electron chi connectivity index (χ3n) is 3.94. The molecule has 2 aromatic rings. The minimum absolute atomic E-state index is 0.0332. The Labute approximate surface area is 146 Å². The summed E-state index contributed by atoms with van der Waals surface area (Å²) in [7, 11) is 1.63. The van der Waals surface area contributed by atoms with E-state index in [1.165, 1.54) is 6.07 Å². The summed E-state index contributed by atoms with van der Waals surface area (Å²) < 4.78 is 10.5. The van der Waals surface area contributed by atoms with Crippen LogP contribution in [0.5, 0.6) is 5.75 Å². The number of amides is 1. The normalized spacial score (nSPS) is 11.8. The summed E-state index contributed by atoms with van der Waals surface area (Å²) in [4.78, 5) is 23.3.